The van der Waals surface area contributed by atoms with Gasteiger partial charge in [0.05, 0.1) is 12.6 Å². The number of piperidine rings is 1. The smallest absolute Gasteiger partial charge is 0.220 e. The highest BCUT2D eigenvalue weighted by atomic mass is 16.2. The maximum absolute atomic E-state index is 11.5. The zero-order valence-electron chi connectivity index (χ0n) is 10.7. The summed E-state index contributed by atoms with van der Waals surface area (Å²) >= 11 is 0. The molecule has 2 aliphatic rings. The molecule has 2 aliphatic heterocycles. The summed E-state index contributed by atoms with van der Waals surface area (Å²) in [6.45, 7) is 5.80. The van der Waals surface area contributed by atoms with Gasteiger partial charge in [-0.05, 0) is 45.2 Å². The minimum absolute atomic E-state index is 0.170. The Labute approximate surface area is 104 Å². The van der Waals surface area contributed by atoms with Gasteiger partial charge >= 0.3 is 0 Å². The molecule has 1 atom stereocenters. The van der Waals surface area contributed by atoms with Crippen LogP contribution in [0.3, 0.4) is 0 Å². The zero-order chi connectivity index (χ0) is 12.1. The second-order valence-electron chi connectivity index (χ2n) is 5.03. The van der Waals surface area contributed by atoms with E-state index in [1.165, 1.54) is 32.4 Å². The lowest BCUT2D eigenvalue weighted by molar-refractivity contribution is -0.131. The van der Waals surface area contributed by atoms with E-state index in [4.69, 9.17) is 0 Å². The Morgan fingerprint density at radius 3 is 2.59 bits per heavy atom. The molecule has 2 rings (SSSR count). The van der Waals surface area contributed by atoms with Crippen LogP contribution >= 0.6 is 0 Å². The maximum atomic E-state index is 11.5. The van der Waals surface area contributed by atoms with Gasteiger partial charge in [-0.15, -0.1) is 0 Å². The number of carbonyl (C=O) groups excluding carboxylic acids is 1. The van der Waals surface area contributed by atoms with Gasteiger partial charge in [0.25, 0.3) is 0 Å². The van der Waals surface area contributed by atoms with Crippen molar-refractivity contribution < 1.29 is 4.79 Å². The van der Waals surface area contributed by atoms with E-state index < -0.39 is 0 Å². The first-order chi connectivity index (χ1) is 8.27. The molecular formula is C14H22N2O. The third-order valence-electron chi connectivity index (χ3n) is 3.68. The van der Waals surface area contributed by atoms with Gasteiger partial charge in [0, 0.05) is 13.5 Å². The predicted molar refractivity (Wildman–Crippen MR) is 68.5 cm³/mol. The van der Waals surface area contributed by atoms with E-state index in [0.29, 0.717) is 0 Å². The first kappa shape index (κ1) is 12.4. The Morgan fingerprint density at radius 2 is 1.88 bits per heavy atom. The fraction of sp³-hybridized carbons (Fsp3) is 0.786. The Morgan fingerprint density at radius 1 is 1.18 bits per heavy atom. The van der Waals surface area contributed by atoms with E-state index in [-0.39, 0.29) is 11.9 Å². The molecule has 0 spiro atoms. The molecule has 3 heteroatoms. The molecule has 2 saturated heterocycles. The van der Waals surface area contributed by atoms with E-state index in [1.54, 1.807) is 6.92 Å². The lowest BCUT2D eigenvalue weighted by Gasteiger charge is -2.31. The van der Waals surface area contributed by atoms with Gasteiger partial charge in [0.1, 0.15) is 0 Å². The molecule has 1 unspecified atom stereocenters. The van der Waals surface area contributed by atoms with Crippen molar-refractivity contribution in [1.82, 2.24) is 9.80 Å². The van der Waals surface area contributed by atoms with Crippen LogP contribution in [0.25, 0.3) is 0 Å². The third-order valence-corrected chi connectivity index (χ3v) is 3.68. The first-order valence-corrected chi connectivity index (χ1v) is 6.75. The number of rotatable bonds is 1. The lowest BCUT2D eigenvalue weighted by Crippen LogP contribution is -2.41. The summed E-state index contributed by atoms with van der Waals surface area (Å²) in [7, 11) is 0. The van der Waals surface area contributed by atoms with Gasteiger partial charge in [0.15, 0.2) is 0 Å². The summed E-state index contributed by atoms with van der Waals surface area (Å²) in [5.74, 6) is 6.73. The first-order valence-electron chi connectivity index (χ1n) is 6.75. The summed E-state index contributed by atoms with van der Waals surface area (Å²) in [5, 5.41) is 0. The molecule has 0 aliphatic carbocycles. The van der Waals surface area contributed by atoms with Crippen LogP contribution in [0.1, 0.15) is 39.0 Å². The van der Waals surface area contributed by atoms with Crippen molar-refractivity contribution in [1.29, 1.82) is 0 Å². The van der Waals surface area contributed by atoms with Crippen molar-refractivity contribution in [2.24, 2.45) is 0 Å². The highest BCUT2D eigenvalue weighted by Gasteiger charge is 2.22. The Kier molecular flexibility index (Phi) is 4.44. The number of hydrogen-bond donors (Lipinski definition) is 0. The molecule has 2 heterocycles. The predicted octanol–water partition coefficient (Wildman–Crippen LogP) is 1.49. The zero-order valence-corrected chi connectivity index (χ0v) is 10.7. The second-order valence-corrected chi connectivity index (χ2v) is 5.03. The summed E-state index contributed by atoms with van der Waals surface area (Å²) < 4.78 is 0. The van der Waals surface area contributed by atoms with Crippen molar-refractivity contribution >= 4 is 5.91 Å². The standard InChI is InChI=1S/C14H22N2O/c1-13(17)16-12-3-2-7-14(16)8-6-11-15-9-4-5-10-15/h14H,2-5,7,9-12H2,1H3. The number of nitrogens with zero attached hydrogens (tertiary/aromatic N) is 2. The summed E-state index contributed by atoms with van der Waals surface area (Å²) in [4.78, 5) is 15.8. The maximum Gasteiger partial charge on any atom is 0.220 e. The van der Waals surface area contributed by atoms with Gasteiger partial charge in [-0.1, -0.05) is 11.8 Å². The molecule has 0 saturated carbocycles. The van der Waals surface area contributed by atoms with E-state index in [1.807, 2.05) is 4.90 Å². The van der Waals surface area contributed by atoms with Crippen LogP contribution in [0.15, 0.2) is 0 Å². The van der Waals surface area contributed by atoms with E-state index in [9.17, 15) is 4.79 Å². The van der Waals surface area contributed by atoms with Crippen LogP contribution in [-0.4, -0.2) is 47.9 Å². The number of amides is 1. The Balaban J connectivity index is 1.86. The quantitative estimate of drug-likeness (QED) is 0.642. The van der Waals surface area contributed by atoms with Gasteiger partial charge in [-0.2, -0.15) is 0 Å². The van der Waals surface area contributed by atoms with Crippen LogP contribution in [0.2, 0.25) is 0 Å². The van der Waals surface area contributed by atoms with E-state index in [2.05, 4.69) is 16.7 Å². The van der Waals surface area contributed by atoms with Crippen molar-refractivity contribution in [3.63, 3.8) is 0 Å². The van der Waals surface area contributed by atoms with Gasteiger partial charge in [-0.3, -0.25) is 9.69 Å². The van der Waals surface area contributed by atoms with Crippen molar-refractivity contribution in [3.8, 4) is 11.8 Å². The number of hydrogen-bond acceptors (Lipinski definition) is 2. The minimum atomic E-state index is 0.170. The second kappa shape index (κ2) is 6.07. The summed E-state index contributed by atoms with van der Waals surface area (Å²) in [5.41, 5.74) is 0. The SMILES string of the molecule is CC(=O)N1CCCCC1C#CCN1CCCC1. The third kappa shape index (κ3) is 3.47. The average Bonchev–Trinajstić information content (AvgIpc) is 2.82. The molecule has 94 valence electrons. The molecule has 0 aromatic carbocycles. The van der Waals surface area contributed by atoms with E-state index >= 15 is 0 Å². The molecule has 0 bridgehead atoms. The molecule has 0 aromatic heterocycles. The van der Waals surface area contributed by atoms with Crippen molar-refractivity contribution in [2.75, 3.05) is 26.2 Å². The molecular weight excluding hydrogens is 212 g/mol. The van der Waals surface area contributed by atoms with E-state index in [0.717, 1.165) is 25.9 Å². The van der Waals surface area contributed by atoms with Gasteiger partial charge in [-0.25, -0.2) is 0 Å². The highest BCUT2D eigenvalue weighted by Crippen LogP contribution is 2.16. The van der Waals surface area contributed by atoms with Crippen LogP contribution in [0, 0.1) is 11.8 Å². The monoisotopic (exact) mass is 234 g/mol. The lowest BCUT2D eigenvalue weighted by atomic mass is 10.0. The number of likely N-dealkylation sites (tertiary alicyclic amines) is 2. The van der Waals surface area contributed by atoms with Crippen LogP contribution in [0.5, 0.6) is 0 Å². The molecule has 17 heavy (non-hydrogen) atoms. The Hall–Kier alpha value is -1.01. The topological polar surface area (TPSA) is 23.6 Å². The Bertz CT molecular complexity index is 323. The van der Waals surface area contributed by atoms with Crippen LogP contribution in [0.4, 0.5) is 0 Å². The molecule has 1 amide bonds. The summed E-state index contributed by atoms with van der Waals surface area (Å²) in [6, 6.07) is 0.170. The molecule has 3 nitrogen and oxygen atoms in total. The molecule has 0 N–H and O–H groups in total. The van der Waals surface area contributed by atoms with Gasteiger partial charge < -0.3 is 4.90 Å². The van der Waals surface area contributed by atoms with Gasteiger partial charge in [0.2, 0.25) is 5.91 Å². The van der Waals surface area contributed by atoms with Crippen LogP contribution in [-0.2, 0) is 4.79 Å². The van der Waals surface area contributed by atoms with Crippen LogP contribution < -0.4 is 0 Å². The van der Waals surface area contributed by atoms with Crippen molar-refractivity contribution in [3.05, 3.63) is 0 Å². The molecule has 0 aromatic rings. The number of carbonyl (C=O) groups is 1. The minimum Gasteiger partial charge on any atom is -0.329 e. The fourth-order valence-electron chi connectivity index (χ4n) is 2.67. The highest BCUT2D eigenvalue weighted by molar-refractivity contribution is 5.74. The van der Waals surface area contributed by atoms with Crippen molar-refractivity contribution in [2.45, 2.75) is 45.1 Å². The molecule has 2 fully saturated rings. The largest absolute Gasteiger partial charge is 0.329 e. The fourth-order valence-corrected chi connectivity index (χ4v) is 2.67. The normalized spacial score (nSPS) is 25.5. The summed E-state index contributed by atoms with van der Waals surface area (Å²) in [6.07, 6.45) is 6.00. The average molecular weight is 234 g/mol. The molecule has 0 radical (unpaired) electrons.